The minimum atomic E-state index is -1.37. The Morgan fingerprint density at radius 3 is 1.31 bits per heavy atom. The Bertz CT molecular complexity index is 203. The molecule has 0 aromatic rings. The van der Waals surface area contributed by atoms with Gasteiger partial charge in [-0.15, -0.1) is 0 Å². The van der Waals surface area contributed by atoms with Crippen LogP contribution in [0.2, 0.25) is 0 Å². The molecule has 1 unspecified atom stereocenters. The molecule has 0 fully saturated rings. The van der Waals surface area contributed by atoms with E-state index in [2.05, 4.69) is 0 Å². The first kappa shape index (κ1) is 26.3. The molecule has 0 aromatic heterocycles. The van der Waals surface area contributed by atoms with Crippen molar-refractivity contribution in [3.05, 3.63) is 0 Å². The van der Waals surface area contributed by atoms with Crippen molar-refractivity contribution in [1.82, 2.24) is 0 Å². The maximum Gasteiger partial charge on any atom is 1.00 e. The van der Waals surface area contributed by atoms with Gasteiger partial charge in [0.05, 0.1) is 0 Å². The van der Waals surface area contributed by atoms with Gasteiger partial charge in [0, 0.05) is 11.9 Å². The van der Waals surface area contributed by atoms with Gasteiger partial charge in [0.15, 0.2) is 0 Å². The molecule has 0 rings (SSSR count). The van der Waals surface area contributed by atoms with Crippen LogP contribution in [-0.2, 0) is 14.4 Å². The van der Waals surface area contributed by atoms with Crippen molar-refractivity contribution in [3.8, 4) is 0 Å². The second-order valence-corrected chi connectivity index (χ2v) is 2.26. The largest absolute Gasteiger partial charge is 1.00 e. The SMILES string of the molecule is CC(O)C(=O)O.O=C([O-])CCC(=O)[O-].[K+].[K+]. The van der Waals surface area contributed by atoms with Gasteiger partial charge < -0.3 is 30.0 Å². The summed E-state index contributed by atoms with van der Waals surface area (Å²) in [6.45, 7) is 1.20. The van der Waals surface area contributed by atoms with Crippen LogP contribution in [-0.4, -0.2) is 34.2 Å². The van der Waals surface area contributed by atoms with E-state index in [1.807, 2.05) is 0 Å². The van der Waals surface area contributed by atoms with E-state index in [4.69, 9.17) is 10.2 Å². The molecule has 0 amide bonds. The first-order valence-electron chi connectivity index (χ1n) is 3.58. The topological polar surface area (TPSA) is 138 Å². The van der Waals surface area contributed by atoms with Crippen LogP contribution in [0.4, 0.5) is 0 Å². The molecule has 0 aliphatic rings. The molecule has 1 atom stereocenters. The Labute approximate surface area is 177 Å². The van der Waals surface area contributed by atoms with Gasteiger partial charge in [-0.25, -0.2) is 4.79 Å². The third-order valence-corrected chi connectivity index (χ3v) is 0.891. The van der Waals surface area contributed by atoms with E-state index in [0.717, 1.165) is 0 Å². The fourth-order valence-electron chi connectivity index (χ4n) is 0.204. The Hall–Kier alpha value is 1.64. The number of aliphatic hydroxyl groups excluding tert-OH is 1. The molecule has 7 nitrogen and oxygen atoms in total. The van der Waals surface area contributed by atoms with E-state index in [9.17, 15) is 24.6 Å². The Morgan fingerprint density at radius 1 is 1.06 bits per heavy atom. The molecule has 0 saturated heterocycles. The van der Waals surface area contributed by atoms with Crippen LogP contribution in [0, 0.1) is 0 Å². The molecule has 16 heavy (non-hydrogen) atoms. The summed E-state index contributed by atoms with van der Waals surface area (Å²) >= 11 is 0. The maximum atomic E-state index is 9.50. The van der Waals surface area contributed by atoms with E-state index in [0.29, 0.717) is 0 Å². The summed E-state index contributed by atoms with van der Waals surface area (Å²) in [6, 6.07) is 0. The molecule has 0 bridgehead atoms. The molecular formula is C7H10K2O7. The normalized spacial score (nSPS) is 9.38. The molecule has 0 aliphatic heterocycles. The van der Waals surface area contributed by atoms with E-state index in [-0.39, 0.29) is 103 Å². The second-order valence-electron chi connectivity index (χ2n) is 2.26. The van der Waals surface area contributed by atoms with Crippen molar-refractivity contribution >= 4 is 17.9 Å². The number of hydrogen-bond donors (Lipinski definition) is 2. The Balaban J connectivity index is -0.0000000825. The molecule has 9 heteroatoms. The number of rotatable bonds is 4. The van der Waals surface area contributed by atoms with Gasteiger partial charge in [-0.2, -0.15) is 0 Å². The number of carbonyl (C=O) groups is 3. The molecule has 0 radical (unpaired) electrons. The van der Waals surface area contributed by atoms with Crippen molar-refractivity contribution in [2.45, 2.75) is 25.9 Å². The number of carboxylic acid groups (broad SMARTS) is 3. The fourth-order valence-corrected chi connectivity index (χ4v) is 0.204. The molecule has 82 valence electrons. The Morgan fingerprint density at radius 2 is 1.25 bits per heavy atom. The zero-order valence-electron chi connectivity index (χ0n) is 9.43. The summed E-state index contributed by atoms with van der Waals surface area (Å²) in [4.78, 5) is 28.5. The number of hydrogen-bond acceptors (Lipinski definition) is 6. The molecule has 0 saturated carbocycles. The zero-order chi connectivity index (χ0) is 11.7. The van der Waals surface area contributed by atoms with Crippen molar-refractivity contribution in [1.29, 1.82) is 0 Å². The molecular weight excluding hydrogens is 274 g/mol. The van der Waals surface area contributed by atoms with Gasteiger partial charge >= 0.3 is 109 Å². The van der Waals surface area contributed by atoms with Gasteiger partial charge in [-0.3, -0.25) is 0 Å². The van der Waals surface area contributed by atoms with Crippen LogP contribution in [0.3, 0.4) is 0 Å². The van der Waals surface area contributed by atoms with Gasteiger partial charge in [0.1, 0.15) is 6.10 Å². The third-order valence-electron chi connectivity index (χ3n) is 0.891. The Kier molecular flexibility index (Phi) is 27.3. The predicted molar refractivity (Wildman–Crippen MR) is 38.6 cm³/mol. The van der Waals surface area contributed by atoms with Crippen LogP contribution in [0.25, 0.3) is 0 Å². The summed E-state index contributed by atoms with van der Waals surface area (Å²) < 4.78 is 0. The summed E-state index contributed by atoms with van der Waals surface area (Å²) in [7, 11) is 0. The molecule has 0 aliphatic carbocycles. The molecule has 0 spiro atoms. The van der Waals surface area contributed by atoms with E-state index in [1.54, 1.807) is 0 Å². The zero-order valence-corrected chi connectivity index (χ0v) is 15.7. The van der Waals surface area contributed by atoms with Crippen LogP contribution < -0.4 is 113 Å². The molecule has 0 aromatic carbocycles. The van der Waals surface area contributed by atoms with Crippen molar-refractivity contribution < 1.29 is 138 Å². The molecule has 0 heterocycles. The smallest absolute Gasteiger partial charge is 0.550 e. The van der Waals surface area contributed by atoms with E-state index in [1.165, 1.54) is 6.92 Å². The second kappa shape index (κ2) is 16.6. The van der Waals surface area contributed by atoms with Crippen LogP contribution in [0.5, 0.6) is 0 Å². The minimum absolute atomic E-state index is 0. The van der Waals surface area contributed by atoms with Crippen LogP contribution in [0.1, 0.15) is 19.8 Å². The number of aliphatic hydroxyl groups is 1. The first-order valence-corrected chi connectivity index (χ1v) is 3.58. The van der Waals surface area contributed by atoms with E-state index < -0.39 is 36.9 Å². The quantitative estimate of drug-likeness (QED) is 0.489. The van der Waals surface area contributed by atoms with Crippen molar-refractivity contribution in [2.75, 3.05) is 0 Å². The maximum absolute atomic E-state index is 9.50. The van der Waals surface area contributed by atoms with Crippen molar-refractivity contribution in [3.63, 3.8) is 0 Å². The summed E-state index contributed by atoms with van der Waals surface area (Å²) in [5.74, 6) is -3.92. The average Bonchev–Trinajstić information content (AvgIpc) is 2.01. The average molecular weight is 284 g/mol. The van der Waals surface area contributed by atoms with Gasteiger partial charge in [0.2, 0.25) is 0 Å². The monoisotopic (exact) mass is 284 g/mol. The summed E-state index contributed by atoms with van der Waals surface area (Å²) in [5.41, 5.74) is 0. The van der Waals surface area contributed by atoms with Gasteiger partial charge in [-0.1, -0.05) is 0 Å². The molecule has 2 N–H and O–H groups in total. The van der Waals surface area contributed by atoms with E-state index >= 15 is 0 Å². The van der Waals surface area contributed by atoms with Crippen LogP contribution in [0.15, 0.2) is 0 Å². The number of carboxylic acids is 3. The van der Waals surface area contributed by atoms with Crippen molar-refractivity contribution in [2.24, 2.45) is 0 Å². The van der Waals surface area contributed by atoms with Gasteiger partial charge in [0.25, 0.3) is 0 Å². The predicted octanol–water partition coefficient (Wildman–Crippen LogP) is -9.27. The summed E-state index contributed by atoms with van der Waals surface area (Å²) in [5, 5.41) is 34.8. The van der Waals surface area contributed by atoms with Crippen LogP contribution >= 0.6 is 0 Å². The number of carbonyl (C=O) groups excluding carboxylic acids is 2. The first-order chi connectivity index (χ1) is 6.27. The standard InChI is InChI=1S/C4H6O4.C3H6O3.2K/c5-3(6)1-2-4(7)8;1-2(4)3(5)6;;/h1-2H2,(H,5,6)(H,7,8);2,4H,1H3,(H,5,6);;/q;;2*+1/p-2. The minimum Gasteiger partial charge on any atom is -0.550 e. The fraction of sp³-hybridized carbons (Fsp3) is 0.571. The summed E-state index contributed by atoms with van der Waals surface area (Å²) in [6.07, 6.45) is -2.17. The third kappa shape index (κ3) is 29.6. The number of aliphatic carboxylic acids is 3. The van der Waals surface area contributed by atoms with Gasteiger partial charge in [-0.05, 0) is 19.8 Å².